The van der Waals surface area contributed by atoms with E-state index in [1.165, 1.54) is 6.07 Å². The van der Waals surface area contributed by atoms with Crippen LogP contribution in [0, 0.1) is 22.6 Å². The summed E-state index contributed by atoms with van der Waals surface area (Å²) in [4.78, 5) is 2.11. The second kappa shape index (κ2) is 5.79. The smallest absolute Gasteiger partial charge is 0.123 e. The van der Waals surface area contributed by atoms with Gasteiger partial charge in [-0.25, -0.2) is 4.39 Å². The third-order valence-electron chi connectivity index (χ3n) is 2.64. The highest BCUT2D eigenvalue weighted by atomic mass is 19.1. The van der Waals surface area contributed by atoms with Crippen LogP contribution in [-0.2, 0) is 6.42 Å². The Hall–Kier alpha value is -1.40. The van der Waals surface area contributed by atoms with E-state index >= 15 is 0 Å². The molecule has 2 nitrogen and oxygen atoms in total. The average Bonchev–Trinajstić information content (AvgIpc) is 2.26. The maximum absolute atomic E-state index is 13.0. The molecule has 0 aliphatic carbocycles. The Bertz CT molecular complexity index is 407. The first-order valence-corrected chi connectivity index (χ1v) is 5.77. The molecular formula is C14H19FN2. The van der Waals surface area contributed by atoms with Crippen molar-refractivity contribution in [2.24, 2.45) is 5.41 Å². The van der Waals surface area contributed by atoms with Gasteiger partial charge < -0.3 is 4.90 Å². The van der Waals surface area contributed by atoms with E-state index in [0.717, 1.165) is 25.1 Å². The van der Waals surface area contributed by atoms with Crippen LogP contribution < -0.4 is 0 Å². The lowest BCUT2D eigenvalue weighted by Crippen LogP contribution is -2.31. The van der Waals surface area contributed by atoms with Gasteiger partial charge in [0.1, 0.15) is 5.82 Å². The summed E-state index contributed by atoms with van der Waals surface area (Å²) in [5, 5.41) is 8.94. The topological polar surface area (TPSA) is 27.0 Å². The van der Waals surface area contributed by atoms with Crippen molar-refractivity contribution in [2.75, 3.05) is 20.1 Å². The van der Waals surface area contributed by atoms with Crippen LogP contribution in [0.4, 0.5) is 4.39 Å². The minimum atomic E-state index is -0.337. The molecule has 17 heavy (non-hydrogen) atoms. The Labute approximate surface area is 103 Å². The molecule has 0 aromatic heterocycles. The molecule has 92 valence electrons. The average molecular weight is 234 g/mol. The maximum Gasteiger partial charge on any atom is 0.123 e. The van der Waals surface area contributed by atoms with Gasteiger partial charge in [0.2, 0.25) is 0 Å². The van der Waals surface area contributed by atoms with Gasteiger partial charge in [-0.2, -0.15) is 5.26 Å². The summed E-state index contributed by atoms with van der Waals surface area (Å²) in [5.41, 5.74) is 0.656. The zero-order valence-electron chi connectivity index (χ0n) is 10.7. The molecule has 0 unspecified atom stereocenters. The van der Waals surface area contributed by atoms with Crippen LogP contribution >= 0.6 is 0 Å². The van der Waals surface area contributed by atoms with E-state index < -0.39 is 0 Å². The number of benzene rings is 1. The van der Waals surface area contributed by atoms with Crippen LogP contribution in [0.15, 0.2) is 24.3 Å². The van der Waals surface area contributed by atoms with Crippen LogP contribution in [0.1, 0.15) is 19.4 Å². The summed E-state index contributed by atoms with van der Waals surface area (Å²) in [5.74, 6) is -0.192. The molecule has 0 N–H and O–H groups in total. The molecule has 0 aliphatic heterocycles. The first-order valence-electron chi connectivity index (χ1n) is 5.77. The molecule has 0 heterocycles. The zero-order chi connectivity index (χ0) is 12.9. The Kier molecular flexibility index (Phi) is 4.65. The van der Waals surface area contributed by atoms with Crippen LogP contribution in [0.5, 0.6) is 0 Å². The molecule has 0 bridgehead atoms. The predicted octanol–water partition coefficient (Wildman–Crippen LogP) is 2.85. The number of nitrogens with zero attached hydrogens (tertiary/aromatic N) is 2. The molecule has 1 aromatic rings. The Morgan fingerprint density at radius 3 is 2.71 bits per heavy atom. The highest BCUT2D eigenvalue weighted by Crippen LogP contribution is 2.14. The maximum atomic E-state index is 13.0. The van der Waals surface area contributed by atoms with Crippen molar-refractivity contribution in [3.63, 3.8) is 0 Å². The van der Waals surface area contributed by atoms with Crippen LogP contribution in [0.25, 0.3) is 0 Å². The molecule has 0 fully saturated rings. The fourth-order valence-electron chi connectivity index (χ4n) is 1.80. The first-order chi connectivity index (χ1) is 7.93. The van der Waals surface area contributed by atoms with Crippen LogP contribution in [-0.4, -0.2) is 25.0 Å². The number of hydrogen-bond donors (Lipinski definition) is 0. The van der Waals surface area contributed by atoms with Crippen molar-refractivity contribution in [3.05, 3.63) is 35.6 Å². The van der Waals surface area contributed by atoms with E-state index in [9.17, 15) is 4.39 Å². The van der Waals surface area contributed by atoms with Gasteiger partial charge in [-0.1, -0.05) is 12.1 Å². The van der Waals surface area contributed by atoms with E-state index in [-0.39, 0.29) is 11.2 Å². The minimum absolute atomic E-state index is 0.192. The third kappa shape index (κ3) is 4.97. The number of likely N-dealkylation sites (N-methyl/N-ethyl adjacent to an activating group) is 1. The van der Waals surface area contributed by atoms with Crippen LogP contribution in [0.3, 0.4) is 0 Å². The number of hydrogen-bond acceptors (Lipinski definition) is 2. The first kappa shape index (κ1) is 13.7. The Morgan fingerprint density at radius 2 is 2.12 bits per heavy atom. The predicted molar refractivity (Wildman–Crippen MR) is 67.0 cm³/mol. The molecule has 3 heteroatoms. The van der Waals surface area contributed by atoms with Crippen molar-refractivity contribution in [3.8, 4) is 6.07 Å². The van der Waals surface area contributed by atoms with E-state index in [0.29, 0.717) is 0 Å². The van der Waals surface area contributed by atoms with Crippen molar-refractivity contribution in [1.82, 2.24) is 4.90 Å². The lowest BCUT2D eigenvalue weighted by molar-refractivity contribution is 0.258. The third-order valence-corrected chi connectivity index (χ3v) is 2.64. The molecule has 1 rings (SSSR count). The van der Waals surface area contributed by atoms with E-state index in [4.69, 9.17) is 5.26 Å². The van der Waals surface area contributed by atoms with Gasteiger partial charge in [-0.3, -0.25) is 0 Å². The summed E-state index contributed by atoms with van der Waals surface area (Å²) in [6, 6.07) is 8.94. The monoisotopic (exact) mass is 234 g/mol. The second-order valence-electron chi connectivity index (χ2n) is 5.11. The molecule has 1 aromatic carbocycles. The summed E-state index contributed by atoms with van der Waals surface area (Å²) < 4.78 is 13.0. The lowest BCUT2D eigenvalue weighted by atomic mass is 9.95. The van der Waals surface area contributed by atoms with Crippen molar-refractivity contribution in [2.45, 2.75) is 20.3 Å². The van der Waals surface area contributed by atoms with Crippen molar-refractivity contribution < 1.29 is 4.39 Å². The quantitative estimate of drug-likeness (QED) is 0.783. The highest BCUT2D eigenvalue weighted by molar-refractivity contribution is 5.16. The number of rotatable bonds is 5. The lowest BCUT2D eigenvalue weighted by Gasteiger charge is -2.24. The van der Waals surface area contributed by atoms with E-state index in [1.807, 2.05) is 27.0 Å². The van der Waals surface area contributed by atoms with E-state index in [1.54, 1.807) is 12.1 Å². The standard InChI is InChI=1S/C14H19FN2/c1-14(2,10-16)11-17(3)8-7-12-5-4-6-13(15)9-12/h4-6,9H,7-8,11H2,1-3H3. The van der Waals surface area contributed by atoms with Crippen molar-refractivity contribution in [1.29, 1.82) is 5.26 Å². The highest BCUT2D eigenvalue weighted by Gasteiger charge is 2.18. The molecule has 0 saturated carbocycles. The molecule has 0 amide bonds. The van der Waals surface area contributed by atoms with Gasteiger partial charge in [-0.05, 0) is 45.0 Å². The molecule has 0 atom stereocenters. The van der Waals surface area contributed by atoms with Crippen LogP contribution in [0.2, 0.25) is 0 Å². The fraction of sp³-hybridized carbons (Fsp3) is 0.500. The van der Waals surface area contributed by atoms with Gasteiger partial charge in [0.15, 0.2) is 0 Å². The van der Waals surface area contributed by atoms with Gasteiger partial charge in [-0.15, -0.1) is 0 Å². The van der Waals surface area contributed by atoms with Gasteiger partial charge in [0.05, 0.1) is 11.5 Å². The molecular weight excluding hydrogens is 215 g/mol. The van der Waals surface area contributed by atoms with E-state index in [2.05, 4.69) is 11.0 Å². The Balaban J connectivity index is 2.44. The van der Waals surface area contributed by atoms with Gasteiger partial charge >= 0.3 is 0 Å². The number of nitriles is 1. The Morgan fingerprint density at radius 1 is 1.41 bits per heavy atom. The fourth-order valence-corrected chi connectivity index (χ4v) is 1.80. The molecule has 0 spiro atoms. The number of halogens is 1. The summed E-state index contributed by atoms with van der Waals surface area (Å²) in [6.45, 7) is 5.39. The summed E-state index contributed by atoms with van der Waals surface area (Å²) in [6.07, 6.45) is 0.801. The largest absolute Gasteiger partial charge is 0.304 e. The second-order valence-corrected chi connectivity index (χ2v) is 5.11. The molecule has 0 radical (unpaired) electrons. The van der Waals surface area contributed by atoms with Crippen molar-refractivity contribution >= 4 is 0 Å². The minimum Gasteiger partial charge on any atom is -0.304 e. The summed E-state index contributed by atoms with van der Waals surface area (Å²) in [7, 11) is 1.98. The SMILES string of the molecule is CN(CCc1cccc(F)c1)CC(C)(C)C#N. The molecule has 0 saturated heterocycles. The van der Waals surface area contributed by atoms with Gasteiger partial charge in [0.25, 0.3) is 0 Å². The summed E-state index contributed by atoms with van der Waals surface area (Å²) >= 11 is 0. The zero-order valence-corrected chi connectivity index (χ0v) is 10.7. The normalized spacial score (nSPS) is 11.5. The van der Waals surface area contributed by atoms with Gasteiger partial charge in [0, 0.05) is 13.1 Å². The molecule has 0 aliphatic rings.